The highest BCUT2D eigenvalue weighted by atomic mass is 16.1. The molecule has 1 aliphatic rings. The molecule has 0 spiro atoms. The van der Waals surface area contributed by atoms with Crippen molar-refractivity contribution in [1.82, 2.24) is 5.32 Å². The van der Waals surface area contributed by atoms with Crippen LogP contribution in [0, 0.1) is 0 Å². The second-order valence-corrected chi connectivity index (χ2v) is 5.53. The molecule has 1 fully saturated rings. The zero-order valence-corrected chi connectivity index (χ0v) is 12.2. The average Bonchev–Trinajstić information content (AvgIpc) is 3.38. The number of carbonyl (C=O) groups excluding carboxylic acids is 1. The standard InChI is InChI=1S/C18H20N2O/c1-19-18(21)15-7-9-17(10-8-15)20-12-13-3-2-4-16(11-13)14-5-6-14/h2-4,7-11,14,20H,5-6,12H2,1H3,(H,19,21). The Labute approximate surface area is 125 Å². The third kappa shape index (κ3) is 3.43. The summed E-state index contributed by atoms with van der Waals surface area (Å²) in [5.74, 6) is 0.732. The molecule has 0 aromatic heterocycles. The molecule has 2 aromatic carbocycles. The normalized spacial score (nSPS) is 13.8. The first-order valence-electron chi connectivity index (χ1n) is 7.41. The molecule has 0 saturated heterocycles. The maximum atomic E-state index is 11.5. The van der Waals surface area contributed by atoms with Gasteiger partial charge in [0.25, 0.3) is 5.91 Å². The van der Waals surface area contributed by atoms with E-state index >= 15 is 0 Å². The van der Waals surface area contributed by atoms with Crippen LogP contribution >= 0.6 is 0 Å². The molecular formula is C18H20N2O. The maximum Gasteiger partial charge on any atom is 0.251 e. The first-order chi connectivity index (χ1) is 10.3. The van der Waals surface area contributed by atoms with Crippen LogP contribution in [0.15, 0.2) is 48.5 Å². The van der Waals surface area contributed by atoms with Crippen LogP contribution in [0.2, 0.25) is 0 Å². The van der Waals surface area contributed by atoms with E-state index in [0.717, 1.165) is 18.2 Å². The van der Waals surface area contributed by atoms with Crippen LogP contribution in [-0.2, 0) is 6.54 Å². The molecule has 0 aliphatic heterocycles. The lowest BCUT2D eigenvalue weighted by atomic mass is 10.1. The van der Waals surface area contributed by atoms with Crippen molar-refractivity contribution in [3.05, 3.63) is 65.2 Å². The van der Waals surface area contributed by atoms with Gasteiger partial charge in [-0.3, -0.25) is 4.79 Å². The number of benzene rings is 2. The largest absolute Gasteiger partial charge is 0.381 e. The van der Waals surface area contributed by atoms with Gasteiger partial charge in [-0.1, -0.05) is 24.3 Å². The minimum absolute atomic E-state index is 0.0568. The van der Waals surface area contributed by atoms with Crippen molar-refractivity contribution in [2.45, 2.75) is 25.3 Å². The van der Waals surface area contributed by atoms with Crippen molar-refractivity contribution in [3.8, 4) is 0 Å². The molecule has 1 aliphatic carbocycles. The molecule has 0 unspecified atom stereocenters. The molecule has 3 nitrogen and oxygen atoms in total. The predicted molar refractivity (Wildman–Crippen MR) is 85.6 cm³/mol. The fourth-order valence-corrected chi connectivity index (χ4v) is 2.46. The van der Waals surface area contributed by atoms with Crippen molar-refractivity contribution in [1.29, 1.82) is 0 Å². The molecule has 2 aromatic rings. The van der Waals surface area contributed by atoms with Gasteiger partial charge >= 0.3 is 0 Å². The van der Waals surface area contributed by atoms with Gasteiger partial charge in [0.05, 0.1) is 0 Å². The van der Waals surface area contributed by atoms with Gasteiger partial charge in [-0.25, -0.2) is 0 Å². The Morgan fingerprint density at radius 3 is 2.57 bits per heavy atom. The molecule has 108 valence electrons. The lowest BCUT2D eigenvalue weighted by Gasteiger charge is -2.09. The van der Waals surface area contributed by atoms with E-state index in [9.17, 15) is 4.79 Å². The molecular weight excluding hydrogens is 260 g/mol. The van der Waals surface area contributed by atoms with E-state index < -0.39 is 0 Å². The van der Waals surface area contributed by atoms with E-state index in [1.165, 1.54) is 24.0 Å². The monoisotopic (exact) mass is 280 g/mol. The van der Waals surface area contributed by atoms with E-state index in [-0.39, 0.29) is 5.91 Å². The summed E-state index contributed by atoms with van der Waals surface area (Å²) in [6, 6.07) is 16.4. The Morgan fingerprint density at radius 1 is 1.14 bits per heavy atom. The zero-order valence-electron chi connectivity index (χ0n) is 12.2. The molecule has 0 atom stereocenters. The van der Waals surface area contributed by atoms with E-state index in [1.54, 1.807) is 7.05 Å². The van der Waals surface area contributed by atoms with Crippen molar-refractivity contribution in [3.63, 3.8) is 0 Å². The highest BCUT2D eigenvalue weighted by Gasteiger charge is 2.23. The van der Waals surface area contributed by atoms with Crippen LogP contribution in [-0.4, -0.2) is 13.0 Å². The lowest BCUT2D eigenvalue weighted by Crippen LogP contribution is -2.17. The van der Waals surface area contributed by atoms with Crippen LogP contribution in [0.1, 0.15) is 40.2 Å². The number of amides is 1. The Kier molecular flexibility index (Phi) is 3.91. The number of hydrogen-bond donors (Lipinski definition) is 2. The number of carbonyl (C=O) groups is 1. The smallest absolute Gasteiger partial charge is 0.251 e. The van der Waals surface area contributed by atoms with E-state index in [0.29, 0.717) is 5.56 Å². The number of hydrogen-bond acceptors (Lipinski definition) is 2. The predicted octanol–water partition coefficient (Wildman–Crippen LogP) is 3.54. The first-order valence-corrected chi connectivity index (χ1v) is 7.41. The maximum absolute atomic E-state index is 11.5. The van der Waals surface area contributed by atoms with Crippen molar-refractivity contribution >= 4 is 11.6 Å². The summed E-state index contributed by atoms with van der Waals surface area (Å²) in [6.45, 7) is 0.805. The summed E-state index contributed by atoms with van der Waals surface area (Å²) in [7, 11) is 1.64. The van der Waals surface area contributed by atoms with Crippen LogP contribution in [0.5, 0.6) is 0 Å². The molecule has 0 bridgehead atoms. The topological polar surface area (TPSA) is 41.1 Å². The van der Waals surface area contributed by atoms with Crippen LogP contribution in [0.25, 0.3) is 0 Å². The third-order valence-electron chi connectivity index (χ3n) is 3.87. The van der Waals surface area contributed by atoms with E-state index in [2.05, 4.69) is 34.9 Å². The van der Waals surface area contributed by atoms with Gasteiger partial charge in [-0.15, -0.1) is 0 Å². The highest BCUT2D eigenvalue weighted by molar-refractivity contribution is 5.94. The first kappa shape index (κ1) is 13.7. The fraction of sp³-hybridized carbons (Fsp3) is 0.278. The summed E-state index contributed by atoms with van der Waals surface area (Å²) in [5, 5.41) is 6.02. The Balaban J connectivity index is 1.62. The van der Waals surface area contributed by atoms with Gasteiger partial charge in [-0.05, 0) is 54.2 Å². The second-order valence-electron chi connectivity index (χ2n) is 5.53. The van der Waals surface area contributed by atoms with Gasteiger partial charge in [0, 0.05) is 24.8 Å². The van der Waals surface area contributed by atoms with Gasteiger partial charge in [0.1, 0.15) is 0 Å². The number of nitrogens with one attached hydrogen (secondary N) is 2. The Bertz CT molecular complexity index is 630. The zero-order chi connectivity index (χ0) is 14.7. The van der Waals surface area contributed by atoms with Crippen molar-refractivity contribution in [2.75, 3.05) is 12.4 Å². The van der Waals surface area contributed by atoms with E-state index in [4.69, 9.17) is 0 Å². The Hall–Kier alpha value is -2.29. The van der Waals surface area contributed by atoms with Crippen LogP contribution in [0.3, 0.4) is 0 Å². The highest BCUT2D eigenvalue weighted by Crippen LogP contribution is 2.40. The van der Waals surface area contributed by atoms with Crippen LogP contribution in [0.4, 0.5) is 5.69 Å². The van der Waals surface area contributed by atoms with Gasteiger partial charge in [0.2, 0.25) is 0 Å². The molecule has 21 heavy (non-hydrogen) atoms. The molecule has 3 rings (SSSR count). The fourth-order valence-electron chi connectivity index (χ4n) is 2.46. The van der Waals surface area contributed by atoms with Crippen molar-refractivity contribution < 1.29 is 4.79 Å². The van der Waals surface area contributed by atoms with Crippen molar-refractivity contribution in [2.24, 2.45) is 0 Å². The Morgan fingerprint density at radius 2 is 1.90 bits per heavy atom. The molecule has 2 N–H and O–H groups in total. The molecule has 3 heteroatoms. The second kappa shape index (κ2) is 6.00. The SMILES string of the molecule is CNC(=O)c1ccc(NCc2cccc(C3CC3)c2)cc1. The summed E-state index contributed by atoms with van der Waals surface area (Å²) in [6.07, 6.45) is 2.66. The third-order valence-corrected chi connectivity index (χ3v) is 3.87. The van der Waals surface area contributed by atoms with Gasteiger partial charge in [-0.2, -0.15) is 0 Å². The van der Waals surface area contributed by atoms with Gasteiger partial charge in [0.15, 0.2) is 0 Å². The minimum Gasteiger partial charge on any atom is -0.381 e. The van der Waals surface area contributed by atoms with Crippen LogP contribution < -0.4 is 10.6 Å². The molecule has 0 radical (unpaired) electrons. The minimum atomic E-state index is -0.0568. The van der Waals surface area contributed by atoms with E-state index in [1.807, 2.05) is 24.3 Å². The molecule has 1 amide bonds. The average molecular weight is 280 g/mol. The summed E-state index contributed by atoms with van der Waals surface area (Å²) < 4.78 is 0. The molecule has 1 saturated carbocycles. The summed E-state index contributed by atoms with van der Waals surface area (Å²) in [5.41, 5.74) is 4.47. The quantitative estimate of drug-likeness (QED) is 0.879. The van der Waals surface area contributed by atoms with Gasteiger partial charge < -0.3 is 10.6 Å². The number of rotatable bonds is 5. The molecule has 0 heterocycles. The summed E-state index contributed by atoms with van der Waals surface area (Å²) in [4.78, 5) is 11.5. The number of anilines is 1. The lowest BCUT2D eigenvalue weighted by molar-refractivity contribution is 0.0963. The summed E-state index contributed by atoms with van der Waals surface area (Å²) >= 11 is 0.